The topological polar surface area (TPSA) is 95.6 Å². The van der Waals surface area contributed by atoms with E-state index in [1.807, 2.05) is 19.1 Å². The number of nitrogens with one attached hydrogen (secondary N) is 1. The number of esters is 1. The van der Waals surface area contributed by atoms with Gasteiger partial charge in [0.15, 0.2) is 11.5 Å². The molecule has 4 rings (SSSR count). The van der Waals surface area contributed by atoms with Crippen molar-refractivity contribution < 1.29 is 23.5 Å². The highest BCUT2D eigenvalue weighted by molar-refractivity contribution is 6.55. The highest BCUT2D eigenvalue weighted by Gasteiger charge is 2.22. The number of carbonyl (C=O) groups is 2. The zero-order valence-electron chi connectivity index (χ0n) is 20.7. The van der Waals surface area contributed by atoms with E-state index in [0.717, 1.165) is 5.56 Å². The molecule has 2 aromatic heterocycles. The third kappa shape index (κ3) is 6.00. The molecule has 0 saturated heterocycles. The molecule has 0 aliphatic carbocycles. The van der Waals surface area contributed by atoms with Gasteiger partial charge in [-0.25, -0.2) is 4.79 Å². The molecule has 0 unspecified atom stereocenters. The van der Waals surface area contributed by atoms with Crippen LogP contribution in [0.15, 0.2) is 40.8 Å². The van der Waals surface area contributed by atoms with Crippen molar-refractivity contribution in [3.05, 3.63) is 95.5 Å². The lowest BCUT2D eigenvalue weighted by molar-refractivity contribution is 0.0599. The van der Waals surface area contributed by atoms with Gasteiger partial charge < -0.3 is 19.2 Å². The molecule has 0 bridgehead atoms. The Bertz CT molecular complexity index is 1550. The fourth-order valence-electron chi connectivity index (χ4n) is 3.77. The molecule has 0 spiro atoms. The van der Waals surface area contributed by atoms with Gasteiger partial charge in [0.05, 0.1) is 51.4 Å². The van der Waals surface area contributed by atoms with Gasteiger partial charge in [-0.3, -0.25) is 9.48 Å². The Balaban J connectivity index is 1.47. The molecule has 0 fully saturated rings. The van der Waals surface area contributed by atoms with Crippen LogP contribution in [0.5, 0.6) is 5.75 Å². The van der Waals surface area contributed by atoms with Crippen molar-refractivity contribution in [2.75, 3.05) is 12.4 Å². The molecule has 0 aliphatic heterocycles. The summed E-state index contributed by atoms with van der Waals surface area (Å²) in [5.74, 6) is -0.535. The second kappa shape index (κ2) is 12.1. The highest BCUT2D eigenvalue weighted by Crippen LogP contribution is 2.48. The molecule has 2 heterocycles. The van der Waals surface area contributed by atoms with Crippen LogP contribution in [0.2, 0.25) is 25.1 Å². The molecule has 0 radical (unpaired) electrons. The summed E-state index contributed by atoms with van der Waals surface area (Å²) < 4.78 is 17.9. The van der Waals surface area contributed by atoms with Crippen LogP contribution in [0.25, 0.3) is 0 Å². The third-order valence-electron chi connectivity index (χ3n) is 5.78. The van der Waals surface area contributed by atoms with Crippen LogP contribution in [0.1, 0.15) is 43.6 Å². The molecule has 39 heavy (non-hydrogen) atoms. The first-order chi connectivity index (χ1) is 18.5. The Morgan fingerprint density at radius 1 is 0.949 bits per heavy atom. The van der Waals surface area contributed by atoms with E-state index < -0.39 is 11.9 Å². The molecule has 8 nitrogen and oxygen atoms in total. The fraction of sp³-hybridized carbons (Fsp3) is 0.192. The maximum atomic E-state index is 13.0. The van der Waals surface area contributed by atoms with Crippen LogP contribution in [0.4, 0.5) is 5.69 Å². The van der Waals surface area contributed by atoms with Gasteiger partial charge in [-0.05, 0) is 37.6 Å². The largest absolute Gasteiger partial charge is 0.482 e. The minimum absolute atomic E-state index is 0.00207. The molecule has 0 atom stereocenters. The third-order valence-corrected chi connectivity index (χ3v) is 8.02. The van der Waals surface area contributed by atoms with Crippen LogP contribution in [0, 0.1) is 13.8 Å². The second-order valence-electron chi connectivity index (χ2n) is 8.26. The molecular weight excluding hydrogens is 612 g/mol. The van der Waals surface area contributed by atoms with E-state index in [9.17, 15) is 9.59 Å². The van der Waals surface area contributed by atoms with Crippen LogP contribution in [0.3, 0.4) is 0 Å². The Hall–Kier alpha value is -2.88. The molecule has 1 N–H and O–H groups in total. The van der Waals surface area contributed by atoms with Gasteiger partial charge in [-0.2, -0.15) is 5.10 Å². The number of furan rings is 1. The van der Waals surface area contributed by atoms with E-state index in [1.54, 1.807) is 29.8 Å². The van der Waals surface area contributed by atoms with Crippen molar-refractivity contribution in [2.24, 2.45) is 0 Å². The number of rotatable bonds is 8. The number of halogens is 5. The summed E-state index contributed by atoms with van der Waals surface area (Å²) in [4.78, 5) is 25.1. The first-order valence-electron chi connectivity index (χ1n) is 11.3. The molecule has 2 aromatic carbocycles. The van der Waals surface area contributed by atoms with E-state index in [-0.39, 0.29) is 43.2 Å². The van der Waals surface area contributed by atoms with Gasteiger partial charge in [0.2, 0.25) is 0 Å². The molecule has 1 amide bonds. The Morgan fingerprint density at radius 2 is 1.59 bits per heavy atom. The molecular formula is C26H20Cl5N3O5. The van der Waals surface area contributed by atoms with Gasteiger partial charge in [0.25, 0.3) is 5.91 Å². The number of nitrogens with zero attached hydrogens (tertiary/aromatic N) is 2. The van der Waals surface area contributed by atoms with Crippen molar-refractivity contribution >= 4 is 75.6 Å². The monoisotopic (exact) mass is 629 g/mol. The first-order valence-corrected chi connectivity index (χ1v) is 13.2. The summed E-state index contributed by atoms with van der Waals surface area (Å²) in [6, 6.07) is 10.2. The molecule has 0 saturated carbocycles. The van der Waals surface area contributed by atoms with Gasteiger partial charge in [0.1, 0.15) is 22.4 Å². The number of aryl methyl sites for hydroxylation is 1. The van der Waals surface area contributed by atoms with Crippen molar-refractivity contribution in [3.63, 3.8) is 0 Å². The molecule has 0 aliphatic rings. The normalized spacial score (nSPS) is 11.0. The fourth-order valence-corrected chi connectivity index (χ4v) is 5.00. The lowest BCUT2D eigenvalue weighted by Gasteiger charge is -2.12. The summed E-state index contributed by atoms with van der Waals surface area (Å²) in [6.45, 7) is 3.77. The van der Waals surface area contributed by atoms with Gasteiger partial charge >= 0.3 is 5.97 Å². The average Bonchev–Trinajstić information content (AvgIpc) is 3.51. The van der Waals surface area contributed by atoms with E-state index in [0.29, 0.717) is 34.9 Å². The number of anilines is 1. The zero-order chi connectivity index (χ0) is 28.4. The Kier molecular flexibility index (Phi) is 9.03. The minimum atomic E-state index is -0.490. The van der Waals surface area contributed by atoms with Gasteiger partial charge in [-0.15, -0.1) is 0 Å². The van der Waals surface area contributed by atoms with E-state index in [1.165, 1.54) is 13.2 Å². The van der Waals surface area contributed by atoms with Crippen molar-refractivity contribution in [3.8, 4) is 5.75 Å². The van der Waals surface area contributed by atoms with Crippen LogP contribution < -0.4 is 10.1 Å². The predicted molar refractivity (Wildman–Crippen MR) is 151 cm³/mol. The van der Waals surface area contributed by atoms with Crippen LogP contribution >= 0.6 is 58.0 Å². The van der Waals surface area contributed by atoms with E-state index in [4.69, 9.17) is 71.9 Å². The standard InChI is InChI=1S/C26H20Cl5N3O5/c1-12-23(13(2)34(33-12)10-14-6-4-5-7-16(14)26(36)37-3)32-25(35)17-9-8-15(39-17)11-38-24-21(30)19(28)18(27)20(29)22(24)31/h4-9H,10-11H2,1-3H3,(H,32,35). The first kappa shape index (κ1) is 29.1. The van der Waals surface area contributed by atoms with Crippen LogP contribution in [-0.4, -0.2) is 28.8 Å². The average molecular weight is 632 g/mol. The number of amides is 1. The lowest BCUT2D eigenvalue weighted by Crippen LogP contribution is -2.13. The lowest BCUT2D eigenvalue weighted by atomic mass is 10.1. The number of hydrogen-bond acceptors (Lipinski definition) is 6. The Labute approximate surface area is 248 Å². The number of hydrogen-bond donors (Lipinski definition) is 1. The Morgan fingerprint density at radius 3 is 2.26 bits per heavy atom. The highest BCUT2D eigenvalue weighted by atomic mass is 35.5. The smallest absolute Gasteiger partial charge is 0.338 e. The molecule has 4 aromatic rings. The summed E-state index contributed by atoms with van der Waals surface area (Å²) in [7, 11) is 1.33. The number of benzene rings is 2. The number of ether oxygens (including phenoxy) is 2. The maximum Gasteiger partial charge on any atom is 0.338 e. The maximum absolute atomic E-state index is 13.0. The van der Waals surface area contributed by atoms with Crippen molar-refractivity contribution in [2.45, 2.75) is 27.0 Å². The zero-order valence-corrected chi connectivity index (χ0v) is 24.5. The number of carbonyl (C=O) groups excluding carboxylic acids is 2. The van der Waals surface area contributed by atoms with Crippen LogP contribution in [-0.2, 0) is 17.9 Å². The predicted octanol–water partition coefficient (Wildman–Crippen LogP) is 8.03. The molecule has 204 valence electrons. The molecule has 13 heteroatoms. The van der Waals surface area contributed by atoms with E-state index >= 15 is 0 Å². The summed E-state index contributed by atoms with van der Waals surface area (Å²) in [5.41, 5.74) is 2.97. The summed E-state index contributed by atoms with van der Waals surface area (Å²) in [6.07, 6.45) is 0. The van der Waals surface area contributed by atoms with Gasteiger partial charge in [-0.1, -0.05) is 76.2 Å². The van der Waals surface area contributed by atoms with Crippen molar-refractivity contribution in [1.29, 1.82) is 0 Å². The second-order valence-corrected chi connectivity index (χ2v) is 10.1. The van der Waals surface area contributed by atoms with Crippen molar-refractivity contribution in [1.82, 2.24) is 9.78 Å². The SMILES string of the molecule is COC(=O)c1ccccc1Cn1nc(C)c(NC(=O)c2ccc(COc3c(Cl)c(Cl)c(Cl)c(Cl)c3Cl)o2)c1C. The van der Waals surface area contributed by atoms with Gasteiger partial charge in [0, 0.05) is 0 Å². The van der Waals surface area contributed by atoms with E-state index in [2.05, 4.69) is 10.4 Å². The quantitative estimate of drug-likeness (QED) is 0.120. The minimum Gasteiger partial charge on any atom is -0.482 e. The number of aromatic nitrogens is 2. The summed E-state index contributed by atoms with van der Waals surface area (Å²) in [5, 5.41) is 7.38. The summed E-state index contributed by atoms with van der Waals surface area (Å²) >= 11 is 30.5. The number of methoxy groups -OCH3 is 1.